The number of carbonyl (C=O) groups excluding carboxylic acids is 2. The molecule has 0 aliphatic carbocycles. The maximum atomic E-state index is 12.5. The number of imide groups is 1. The van der Waals surface area contributed by atoms with Crippen LogP contribution in [0.3, 0.4) is 0 Å². The Balaban J connectivity index is 1.68. The van der Waals surface area contributed by atoms with Gasteiger partial charge in [0.25, 0.3) is 5.69 Å². The third-order valence-corrected chi connectivity index (χ3v) is 4.60. The van der Waals surface area contributed by atoms with Crippen molar-refractivity contribution in [2.45, 2.75) is 25.0 Å². The summed E-state index contributed by atoms with van der Waals surface area (Å²) in [4.78, 5) is 36.3. The monoisotopic (exact) mass is 288 g/mol. The van der Waals surface area contributed by atoms with Gasteiger partial charge in [-0.15, -0.1) is 0 Å². The predicted molar refractivity (Wildman–Crippen MR) is 70.5 cm³/mol. The summed E-state index contributed by atoms with van der Waals surface area (Å²) in [6.07, 6.45) is 1.33. The Morgan fingerprint density at radius 3 is 2.05 bits per heavy atom. The standard InChI is InChI=1S/C14H12N2O5/c17-13-11-9-5-6-10(21-9)12(11)14(18)15(13)7-1-3-8(4-2-7)16(19)20/h1-4,9-12H,5-6H2/t9-,10-,11?,12?/m1/s1. The van der Waals surface area contributed by atoms with Crippen molar-refractivity contribution in [3.05, 3.63) is 34.4 Å². The molecule has 0 spiro atoms. The van der Waals surface area contributed by atoms with Gasteiger partial charge in [-0.05, 0) is 25.0 Å². The van der Waals surface area contributed by atoms with Crippen molar-refractivity contribution in [1.82, 2.24) is 0 Å². The van der Waals surface area contributed by atoms with E-state index in [1.807, 2.05) is 0 Å². The summed E-state index contributed by atoms with van der Waals surface area (Å²) in [6.45, 7) is 0. The molecule has 0 radical (unpaired) electrons. The fourth-order valence-electron chi connectivity index (χ4n) is 3.69. The lowest BCUT2D eigenvalue weighted by Crippen LogP contribution is -2.34. The molecule has 2 unspecified atom stereocenters. The summed E-state index contributed by atoms with van der Waals surface area (Å²) in [5.41, 5.74) is 0.325. The van der Waals surface area contributed by atoms with Crippen LogP contribution in [0.15, 0.2) is 24.3 Å². The summed E-state index contributed by atoms with van der Waals surface area (Å²) in [5, 5.41) is 10.7. The number of nitro groups is 1. The van der Waals surface area contributed by atoms with Gasteiger partial charge >= 0.3 is 0 Å². The van der Waals surface area contributed by atoms with Crippen LogP contribution >= 0.6 is 0 Å². The van der Waals surface area contributed by atoms with Gasteiger partial charge in [-0.1, -0.05) is 0 Å². The molecule has 3 fully saturated rings. The molecule has 4 atom stereocenters. The molecule has 0 aromatic heterocycles. The number of fused-ring (bicyclic) bond motifs is 5. The van der Waals surface area contributed by atoms with Crippen LogP contribution in [0.1, 0.15) is 12.8 Å². The number of ether oxygens (including phenoxy) is 1. The van der Waals surface area contributed by atoms with Gasteiger partial charge < -0.3 is 4.74 Å². The molecule has 3 heterocycles. The number of nitrogens with zero attached hydrogens (tertiary/aromatic N) is 2. The average molecular weight is 288 g/mol. The molecular formula is C14H12N2O5. The highest BCUT2D eigenvalue weighted by atomic mass is 16.6. The van der Waals surface area contributed by atoms with E-state index in [9.17, 15) is 19.7 Å². The first-order valence-electron chi connectivity index (χ1n) is 6.85. The van der Waals surface area contributed by atoms with Crippen LogP contribution in [0.4, 0.5) is 11.4 Å². The van der Waals surface area contributed by atoms with Crippen LogP contribution in [-0.4, -0.2) is 28.9 Å². The second kappa shape index (κ2) is 4.11. The highest BCUT2D eigenvalue weighted by Crippen LogP contribution is 2.49. The fraction of sp³-hybridized carbons (Fsp3) is 0.429. The van der Waals surface area contributed by atoms with E-state index in [0.29, 0.717) is 5.69 Å². The molecule has 2 amide bonds. The summed E-state index contributed by atoms with van der Waals surface area (Å²) >= 11 is 0. The van der Waals surface area contributed by atoms with Crippen molar-refractivity contribution in [3.8, 4) is 0 Å². The van der Waals surface area contributed by atoms with E-state index in [-0.39, 0.29) is 41.5 Å². The quantitative estimate of drug-likeness (QED) is 0.464. The first-order chi connectivity index (χ1) is 10.1. The predicted octanol–water partition coefficient (Wildman–Crippen LogP) is 1.26. The maximum Gasteiger partial charge on any atom is 0.269 e. The number of non-ortho nitro benzene ring substituents is 1. The Hall–Kier alpha value is -2.28. The van der Waals surface area contributed by atoms with E-state index in [1.54, 1.807) is 0 Å². The first-order valence-corrected chi connectivity index (χ1v) is 6.85. The van der Waals surface area contributed by atoms with E-state index >= 15 is 0 Å². The van der Waals surface area contributed by atoms with Gasteiger partial charge in [0.1, 0.15) is 0 Å². The minimum absolute atomic E-state index is 0.0681. The molecule has 0 N–H and O–H groups in total. The number of nitro benzene ring substituents is 1. The number of benzene rings is 1. The van der Waals surface area contributed by atoms with Crippen LogP contribution in [0.25, 0.3) is 0 Å². The van der Waals surface area contributed by atoms with Gasteiger partial charge in [-0.3, -0.25) is 19.7 Å². The van der Waals surface area contributed by atoms with Crippen molar-refractivity contribution in [3.63, 3.8) is 0 Å². The third kappa shape index (κ3) is 1.58. The molecule has 3 aliphatic rings. The number of hydrogen-bond donors (Lipinski definition) is 0. The summed E-state index contributed by atoms with van der Waals surface area (Å²) in [5.74, 6) is -1.25. The topological polar surface area (TPSA) is 89.8 Å². The van der Waals surface area contributed by atoms with Crippen molar-refractivity contribution < 1.29 is 19.2 Å². The lowest BCUT2D eigenvalue weighted by Gasteiger charge is -2.17. The van der Waals surface area contributed by atoms with E-state index in [4.69, 9.17) is 4.74 Å². The van der Waals surface area contributed by atoms with Crippen molar-refractivity contribution in [2.75, 3.05) is 4.90 Å². The molecule has 21 heavy (non-hydrogen) atoms. The van der Waals surface area contributed by atoms with Gasteiger partial charge in [0.15, 0.2) is 0 Å². The SMILES string of the molecule is O=C1C2C(C(=O)N1c1ccc([N+](=O)[O-])cc1)[C@H]1CC[C@H]2O1. The Bertz CT molecular complexity index is 628. The lowest BCUT2D eigenvalue weighted by atomic mass is 9.81. The maximum absolute atomic E-state index is 12.5. The van der Waals surface area contributed by atoms with Crippen molar-refractivity contribution >= 4 is 23.2 Å². The van der Waals surface area contributed by atoms with Gasteiger partial charge in [-0.25, -0.2) is 4.90 Å². The number of rotatable bonds is 2. The Morgan fingerprint density at radius 1 is 1.05 bits per heavy atom. The van der Waals surface area contributed by atoms with Gasteiger partial charge in [0, 0.05) is 12.1 Å². The van der Waals surface area contributed by atoms with Crippen LogP contribution in [0.5, 0.6) is 0 Å². The highest BCUT2D eigenvalue weighted by Gasteiger charge is 2.62. The number of hydrogen-bond acceptors (Lipinski definition) is 5. The first kappa shape index (κ1) is 12.5. The van der Waals surface area contributed by atoms with E-state index in [0.717, 1.165) is 17.7 Å². The second-order valence-electron chi connectivity index (χ2n) is 5.63. The molecular weight excluding hydrogens is 276 g/mol. The number of amides is 2. The third-order valence-electron chi connectivity index (χ3n) is 4.60. The number of carbonyl (C=O) groups is 2. The van der Waals surface area contributed by atoms with Crippen LogP contribution in [0, 0.1) is 22.0 Å². The minimum atomic E-state index is -0.514. The zero-order chi connectivity index (χ0) is 14.7. The zero-order valence-corrected chi connectivity index (χ0v) is 11.0. The Morgan fingerprint density at radius 2 is 1.57 bits per heavy atom. The molecule has 3 saturated heterocycles. The molecule has 7 nitrogen and oxygen atoms in total. The summed E-state index contributed by atoms with van der Waals surface area (Å²) < 4.78 is 5.66. The van der Waals surface area contributed by atoms with Crippen LogP contribution in [0.2, 0.25) is 0 Å². The van der Waals surface area contributed by atoms with Crippen LogP contribution in [-0.2, 0) is 14.3 Å². The molecule has 4 rings (SSSR count). The summed E-state index contributed by atoms with van der Waals surface area (Å²) in [7, 11) is 0. The lowest BCUT2D eigenvalue weighted by molar-refractivity contribution is -0.384. The Labute approximate surface area is 119 Å². The Kier molecular flexibility index (Phi) is 2.44. The molecule has 7 heteroatoms. The van der Waals surface area contributed by atoms with Crippen LogP contribution < -0.4 is 4.90 Å². The largest absolute Gasteiger partial charge is 0.373 e. The van der Waals surface area contributed by atoms with E-state index in [2.05, 4.69) is 0 Å². The van der Waals surface area contributed by atoms with Gasteiger partial charge in [0.2, 0.25) is 11.8 Å². The average Bonchev–Trinajstić information content (AvgIpc) is 3.13. The van der Waals surface area contributed by atoms with E-state index < -0.39 is 4.92 Å². The fourth-order valence-corrected chi connectivity index (χ4v) is 3.69. The van der Waals surface area contributed by atoms with Crippen molar-refractivity contribution in [1.29, 1.82) is 0 Å². The van der Waals surface area contributed by atoms with Gasteiger partial charge in [-0.2, -0.15) is 0 Å². The molecule has 2 bridgehead atoms. The van der Waals surface area contributed by atoms with Gasteiger partial charge in [0.05, 0.1) is 34.7 Å². The molecule has 1 aromatic carbocycles. The smallest absolute Gasteiger partial charge is 0.269 e. The molecule has 1 aromatic rings. The van der Waals surface area contributed by atoms with Crippen molar-refractivity contribution in [2.24, 2.45) is 11.8 Å². The van der Waals surface area contributed by atoms with E-state index in [1.165, 1.54) is 24.3 Å². The number of anilines is 1. The molecule has 108 valence electrons. The highest BCUT2D eigenvalue weighted by molar-refractivity contribution is 6.22. The second-order valence-corrected chi connectivity index (χ2v) is 5.63. The zero-order valence-electron chi connectivity index (χ0n) is 11.0. The summed E-state index contributed by atoms with van der Waals surface area (Å²) in [6, 6.07) is 5.49. The molecule has 3 aliphatic heterocycles. The minimum Gasteiger partial charge on any atom is -0.373 e. The normalized spacial score (nSPS) is 33.6. The molecule has 0 saturated carbocycles.